The van der Waals surface area contributed by atoms with Gasteiger partial charge >= 0.3 is 0 Å². The Hall–Kier alpha value is -2.20. The van der Waals surface area contributed by atoms with Crippen LogP contribution in [0.2, 0.25) is 0 Å². The Morgan fingerprint density at radius 1 is 1.25 bits per heavy atom. The topological polar surface area (TPSA) is 86.3 Å². The third-order valence-electron chi connectivity index (χ3n) is 3.85. The van der Waals surface area contributed by atoms with E-state index in [1.807, 2.05) is 13.0 Å². The summed E-state index contributed by atoms with van der Waals surface area (Å²) in [6.45, 7) is 7.97. The summed E-state index contributed by atoms with van der Waals surface area (Å²) in [5.74, 6) is 1.48. The summed E-state index contributed by atoms with van der Waals surface area (Å²) in [6.07, 6.45) is 1.51. The Morgan fingerprint density at radius 3 is 2.88 bits per heavy atom. The third kappa shape index (κ3) is 2.71. The molecule has 0 atom stereocenters. The predicted molar refractivity (Wildman–Crippen MR) is 88.4 cm³/mol. The zero-order valence-corrected chi connectivity index (χ0v) is 14.4. The lowest BCUT2D eigenvalue weighted by Gasteiger charge is -2.27. The summed E-state index contributed by atoms with van der Waals surface area (Å²) in [7, 11) is 0. The minimum Gasteiger partial charge on any atom is -0.378 e. The van der Waals surface area contributed by atoms with Crippen molar-refractivity contribution in [3.63, 3.8) is 0 Å². The zero-order chi connectivity index (χ0) is 16.5. The molecule has 3 aromatic rings. The Morgan fingerprint density at radius 2 is 2.08 bits per heavy atom. The number of nitrogens with zero attached hydrogens (tertiary/aromatic N) is 8. The van der Waals surface area contributed by atoms with Crippen molar-refractivity contribution in [2.45, 2.75) is 30.6 Å². The molecule has 10 heteroatoms. The molecule has 1 fully saturated rings. The van der Waals surface area contributed by atoms with Gasteiger partial charge in [0.1, 0.15) is 11.4 Å². The van der Waals surface area contributed by atoms with Crippen molar-refractivity contribution < 1.29 is 4.74 Å². The molecule has 0 unspecified atom stereocenters. The molecule has 0 aromatic carbocycles. The molecule has 0 radical (unpaired) electrons. The van der Waals surface area contributed by atoms with Crippen LogP contribution in [0.5, 0.6) is 0 Å². The monoisotopic (exact) mass is 346 g/mol. The van der Waals surface area contributed by atoms with Crippen molar-refractivity contribution in [1.29, 1.82) is 0 Å². The Balaban J connectivity index is 1.69. The summed E-state index contributed by atoms with van der Waals surface area (Å²) in [5, 5.41) is 14.8. The maximum atomic E-state index is 5.42. The van der Waals surface area contributed by atoms with Gasteiger partial charge in [0.2, 0.25) is 5.95 Å². The van der Waals surface area contributed by atoms with E-state index in [9.17, 15) is 0 Å². The van der Waals surface area contributed by atoms with Crippen molar-refractivity contribution in [2.24, 2.45) is 0 Å². The minimum absolute atomic E-state index is 0.591. The minimum atomic E-state index is 0.591. The van der Waals surface area contributed by atoms with Crippen molar-refractivity contribution >= 4 is 23.5 Å². The molecule has 4 rings (SSSR count). The average molecular weight is 346 g/mol. The number of hydrogen-bond donors (Lipinski definition) is 0. The van der Waals surface area contributed by atoms with Crippen LogP contribution in [0.1, 0.15) is 12.6 Å². The fourth-order valence-electron chi connectivity index (χ4n) is 2.69. The van der Waals surface area contributed by atoms with Gasteiger partial charge in [-0.15, -0.1) is 10.2 Å². The Labute approximate surface area is 143 Å². The highest BCUT2D eigenvalue weighted by Crippen LogP contribution is 2.29. The smallest absolute Gasteiger partial charge is 0.253 e. The van der Waals surface area contributed by atoms with Crippen molar-refractivity contribution in [3.8, 4) is 0 Å². The van der Waals surface area contributed by atoms with Crippen LogP contribution in [0.3, 0.4) is 0 Å². The van der Waals surface area contributed by atoms with E-state index in [0.29, 0.717) is 5.78 Å². The molecule has 9 nitrogen and oxygen atoms in total. The van der Waals surface area contributed by atoms with Gasteiger partial charge in [-0.1, -0.05) is 0 Å². The lowest BCUT2D eigenvalue weighted by molar-refractivity contribution is 0.121. The third-order valence-corrected chi connectivity index (χ3v) is 4.84. The number of rotatable bonds is 4. The zero-order valence-electron chi connectivity index (χ0n) is 13.6. The fourth-order valence-corrected chi connectivity index (χ4v) is 3.73. The highest BCUT2D eigenvalue weighted by Gasteiger charge is 2.21. The lowest BCUT2D eigenvalue weighted by atomic mass is 10.4. The summed E-state index contributed by atoms with van der Waals surface area (Å²) in [4.78, 5) is 10.8. The number of anilines is 1. The summed E-state index contributed by atoms with van der Waals surface area (Å²) < 4.78 is 9.26. The molecular formula is C14H18N8OS. The highest BCUT2D eigenvalue weighted by molar-refractivity contribution is 7.99. The molecule has 24 heavy (non-hydrogen) atoms. The van der Waals surface area contributed by atoms with E-state index in [1.165, 1.54) is 18.1 Å². The van der Waals surface area contributed by atoms with Gasteiger partial charge in [-0.25, -0.2) is 4.98 Å². The van der Waals surface area contributed by atoms with E-state index in [4.69, 9.17) is 4.74 Å². The molecule has 1 saturated heterocycles. The van der Waals surface area contributed by atoms with Crippen LogP contribution < -0.4 is 4.90 Å². The first-order valence-corrected chi connectivity index (χ1v) is 8.69. The molecule has 4 heterocycles. The van der Waals surface area contributed by atoms with Crippen LogP contribution >= 0.6 is 11.8 Å². The Bertz CT molecular complexity index is 854. The summed E-state index contributed by atoms with van der Waals surface area (Å²) in [6, 6.07) is 1.98. The van der Waals surface area contributed by atoms with Gasteiger partial charge in [0.05, 0.1) is 13.2 Å². The molecule has 0 spiro atoms. The first-order chi connectivity index (χ1) is 11.8. The average Bonchev–Trinajstić information content (AvgIpc) is 3.22. The Kier molecular flexibility index (Phi) is 4.07. The number of fused-ring (bicyclic) bond motifs is 1. The maximum Gasteiger partial charge on any atom is 0.253 e. The molecule has 0 saturated carbocycles. The second kappa shape index (κ2) is 6.36. The largest absolute Gasteiger partial charge is 0.378 e. The van der Waals surface area contributed by atoms with Crippen LogP contribution in [0.4, 0.5) is 5.95 Å². The van der Waals surface area contributed by atoms with Crippen LogP contribution in [0, 0.1) is 6.92 Å². The quantitative estimate of drug-likeness (QED) is 0.648. The predicted octanol–water partition coefficient (Wildman–Crippen LogP) is 1.03. The molecule has 0 aliphatic carbocycles. The van der Waals surface area contributed by atoms with Crippen molar-refractivity contribution in [3.05, 3.63) is 18.1 Å². The van der Waals surface area contributed by atoms with E-state index in [-0.39, 0.29) is 0 Å². The van der Waals surface area contributed by atoms with E-state index in [0.717, 1.165) is 54.7 Å². The molecule has 0 amide bonds. The summed E-state index contributed by atoms with van der Waals surface area (Å²) >= 11 is 1.52. The van der Waals surface area contributed by atoms with Crippen LogP contribution in [0.15, 0.2) is 22.6 Å². The highest BCUT2D eigenvalue weighted by atomic mass is 32.2. The molecule has 126 valence electrons. The number of aromatic nitrogens is 7. The number of aryl methyl sites for hydroxylation is 1. The van der Waals surface area contributed by atoms with E-state index < -0.39 is 0 Å². The van der Waals surface area contributed by atoms with Crippen LogP contribution in [0.25, 0.3) is 5.78 Å². The maximum absolute atomic E-state index is 5.42. The van der Waals surface area contributed by atoms with Crippen LogP contribution in [-0.2, 0) is 11.3 Å². The van der Waals surface area contributed by atoms with Crippen molar-refractivity contribution in [1.82, 2.24) is 34.3 Å². The second-order valence-corrected chi connectivity index (χ2v) is 6.42. The van der Waals surface area contributed by atoms with Crippen LogP contribution in [-0.4, -0.2) is 60.6 Å². The van der Waals surface area contributed by atoms with E-state index in [2.05, 4.69) is 41.7 Å². The number of hydrogen-bond acceptors (Lipinski definition) is 8. The van der Waals surface area contributed by atoms with Gasteiger partial charge in [-0.05, 0) is 31.7 Å². The number of ether oxygens (including phenoxy) is 1. The molecule has 0 bridgehead atoms. The van der Waals surface area contributed by atoms with Gasteiger partial charge in [0, 0.05) is 25.3 Å². The molecule has 1 aliphatic rings. The SMILES string of the molecule is CCn1c(Sc2cc(C)nc3ncnn23)nnc1N1CCOCC1. The van der Waals surface area contributed by atoms with Gasteiger partial charge in [0.15, 0.2) is 5.16 Å². The fraction of sp³-hybridized carbons (Fsp3) is 0.500. The van der Waals surface area contributed by atoms with E-state index in [1.54, 1.807) is 4.52 Å². The van der Waals surface area contributed by atoms with Gasteiger partial charge in [0.25, 0.3) is 5.78 Å². The molecule has 1 aliphatic heterocycles. The molecule has 0 N–H and O–H groups in total. The normalized spacial score (nSPS) is 15.3. The lowest BCUT2D eigenvalue weighted by Crippen LogP contribution is -2.38. The van der Waals surface area contributed by atoms with Gasteiger partial charge < -0.3 is 9.64 Å². The second-order valence-electron chi connectivity index (χ2n) is 5.44. The van der Waals surface area contributed by atoms with Gasteiger partial charge in [-0.2, -0.15) is 14.6 Å². The standard InChI is InChI=1S/C14H18N8OS/c1-3-21-13(20-4-6-23-7-5-20)18-19-14(21)24-11-8-10(2)17-12-15-9-16-22(11)12/h8-9H,3-7H2,1-2H3. The summed E-state index contributed by atoms with van der Waals surface area (Å²) in [5.41, 5.74) is 0.897. The van der Waals surface area contributed by atoms with E-state index >= 15 is 0 Å². The first-order valence-electron chi connectivity index (χ1n) is 7.87. The first kappa shape index (κ1) is 15.3. The van der Waals surface area contributed by atoms with Crippen molar-refractivity contribution in [2.75, 3.05) is 31.2 Å². The number of morpholine rings is 1. The van der Waals surface area contributed by atoms with Gasteiger partial charge in [-0.3, -0.25) is 4.57 Å². The molecular weight excluding hydrogens is 328 g/mol. The molecule has 3 aromatic heterocycles.